The first kappa shape index (κ1) is 22.5. The van der Waals surface area contributed by atoms with Gasteiger partial charge in [-0.15, -0.1) is 0 Å². The number of benzene rings is 1. The predicted molar refractivity (Wildman–Crippen MR) is 129 cm³/mol. The second-order valence-corrected chi connectivity index (χ2v) is 8.69. The molecule has 1 aliphatic rings. The summed E-state index contributed by atoms with van der Waals surface area (Å²) in [5.74, 6) is 0.210. The first-order valence-corrected chi connectivity index (χ1v) is 10.9. The molecule has 33 heavy (non-hydrogen) atoms. The minimum atomic E-state index is -0.570. The zero-order valence-electron chi connectivity index (χ0n) is 17.8. The van der Waals surface area contributed by atoms with Gasteiger partial charge in [-0.2, -0.15) is 5.01 Å². The van der Waals surface area contributed by atoms with Crippen molar-refractivity contribution in [2.45, 2.75) is 13.8 Å². The van der Waals surface area contributed by atoms with Crippen LogP contribution in [0.3, 0.4) is 0 Å². The highest BCUT2D eigenvalue weighted by Crippen LogP contribution is 2.37. The van der Waals surface area contributed by atoms with Crippen molar-refractivity contribution < 1.29 is 19.2 Å². The van der Waals surface area contributed by atoms with Crippen LogP contribution in [0.2, 0.25) is 0 Å². The molecule has 0 bridgehead atoms. The van der Waals surface area contributed by atoms with Crippen LogP contribution in [0.15, 0.2) is 53.6 Å². The van der Waals surface area contributed by atoms with Gasteiger partial charge in [-0.1, -0.05) is 17.8 Å². The number of hydrogen-bond acceptors (Lipinski definition) is 8. The molecule has 1 amide bonds. The Morgan fingerprint density at radius 1 is 1.15 bits per heavy atom. The smallest absolute Gasteiger partial charge is 0.331 e. The number of aromatic nitrogens is 2. The van der Waals surface area contributed by atoms with Crippen molar-refractivity contribution in [3.8, 4) is 17.4 Å². The van der Waals surface area contributed by atoms with Gasteiger partial charge >= 0.3 is 5.69 Å². The van der Waals surface area contributed by atoms with Gasteiger partial charge in [0.2, 0.25) is 0 Å². The molecule has 3 aromatic rings. The summed E-state index contributed by atoms with van der Waals surface area (Å²) < 4.78 is 13.3. The molecule has 0 aliphatic carbocycles. The topological polar surface area (TPSA) is 99.7 Å². The zero-order chi connectivity index (χ0) is 23.7. The summed E-state index contributed by atoms with van der Waals surface area (Å²) >= 11 is 6.66. The fourth-order valence-corrected chi connectivity index (χ4v) is 4.56. The molecule has 1 aliphatic heterocycles. The van der Waals surface area contributed by atoms with Gasteiger partial charge in [0.1, 0.15) is 0 Å². The molecule has 0 atom stereocenters. The molecular weight excluding hydrogens is 464 g/mol. The standard InChI is InChI=1S/C22H18N4O5S2/c1-13-6-7-14(2)24(13)25-21(27)19(33-22(25)32)12-15-8-9-17(18(11-15)30-3)31-20-16(26(28)29)5-4-10-23-20/h4-12H,1-3H3/b19-12-. The summed E-state index contributed by atoms with van der Waals surface area (Å²) in [7, 11) is 1.45. The van der Waals surface area contributed by atoms with Crippen LogP contribution in [-0.2, 0) is 4.79 Å². The Morgan fingerprint density at radius 2 is 1.88 bits per heavy atom. The molecular formula is C22H18N4O5S2. The first-order chi connectivity index (χ1) is 15.8. The van der Waals surface area contributed by atoms with E-state index in [0.29, 0.717) is 20.5 Å². The number of nitrogens with zero attached hydrogens (tertiary/aromatic N) is 4. The number of rotatable bonds is 6. The lowest BCUT2D eigenvalue weighted by Gasteiger charge is -2.20. The Bertz CT molecular complexity index is 1300. The normalized spacial score (nSPS) is 14.8. The molecule has 3 heterocycles. The van der Waals surface area contributed by atoms with Gasteiger partial charge in [0.05, 0.1) is 16.9 Å². The van der Waals surface area contributed by atoms with Crippen LogP contribution in [0, 0.1) is 24.0 Å². The van der Waals surface area contributed by atoms with Crippen LogP contribution in [0.5, 0.6) is 17.4 Å². The third-order valence-corrected chi connectivity index (χ3v) is 6.13. The number of carbonyl (C=O) groups excluding carboxylic acids is 1. The fourth-order valence-electron chi connectivity index (χ4n) is 3.32. The summed E-state index contributed by atoms with van der Waals surface area (Å²) in [5, 5.41) is 12.7. The highest BCUT2D eigenvalue weighted by Gasteiger charge is 2.34. The Hall–Kier alpha value is -3.70. The quantitative estimate of drug-likeness (QED) is 0.215. The molecule has 1 aromatic carbocycles. The second kappa shape index (κ2) is 9.04. The second-order valence-electron chi connectivity index (χ2n) is 7.02. The maximum absolute atomic E-state index is 13.1. The van der Waals surface area contributed by atoms with E-state index >= 15 is 0 Å². The Balaban J connectivity index is 1.63. The molecule has 4 rings (SSSR count). The number of ether oxygens (including phenoxy) is 2. The largest absolute Gasteiger partial charge is 0.493 e. The van der Waals surface area contributed by atoms with Crippen molar-refractivity contribution in [2.75, 3.05) is 12.1 Å². The fraction of sp³-hybridized carbons (Fsp3) is 0.136. The molecule has 0 spiro atoms. The number of carbonyl (C=O) groups is 1. The van der Waals surface area contributed by atoms with Crippen molar-refractivity contribution >= 4 is 46.0 Å². The molecule has 2 aromatic heterocycles. The van der Waals surface area contributed by atoms with E-state index in [2.05, 4.69) is 4.98 Å². The monoisotopic (exact) mass is 482 g/mol. The highest BCUT2D eigenvalue weighted by molar-refractivity contribution is 8.27. The van der Waals surface area contributed by atoms with Crippen LogP contribution in [0.1, 0.15) is 17.0 Å². The Morgan fingerprint density at radius 3 is 2.55 bits per heavy atom. The first-order valence-electron chi connectivity index (χ1n) is 9.68. The molecule has 168 valence electrons. The van der Waals surface area contributed by atoms with E-state index in [0.717, 1.165) is 11.4 Å². The predicted octanol–water partition coefficient (Wildman–Crippen LogP) is 4.75. The number of thioether (sulfide) groups is 1. The molecule has 1 fully saturated rings. The third-order valence-electron chi connectivity index (χ3n) is 4.85. The van der Waals surface area contributed by atoms with E-state index in [-0.39, 0.29) is 23.2 Å². The molecule has 1 saturated heterocycles. The summed E-state index contributed by atoms with van der Waals surface area (Å²) in [4.78, 5) is 28.1. The van der Waals surface area contributed by atoms with Crippen LogP contribution >= 0.6 is 24.0 Å². The molecule has 0 saturated carbocycles. The average molecular weight is 483 g/mol. The number of aryl methyl sites for hydroxylation is 2. The summed E-state index contributed by atoms with van der Waals surface area (Å²) in [5.41, 5.74) is 2.22. The summed E-state index contributed by atoms with van der Waals surface area (Å²) in [6.07, 6.45) is 3.11. The van der Waals surface area contributed by atoms with Gasteiger partial charge in [0.15, 0.2) is 15.8 Å². The number of thiocarbonyl (C=S) groups is 1. The van der Waals surface area contributed by atoms with Crippen molar-refractivity contribution in [1.82, 2.24) is 9.66 Å². The lowest BCUT2D eigenvalue weighted by molar-refractivity contribution is -0.386. The maximum Gasteiger partial charge on any atom is 0.331 e. The third kappa shape index (κ3) is 4.32. The molecule has 9 nitrogen and oxygen atoms in total. The minimum absolute atomic E-state index is 0.146. The van der Waals surface area contributed by atoms with E-state index < -0.39 is 4.92 Å². The van der Waals surface area contributed by atoms with Gasteiger partial charge in [-0.25, -0.2) is 4.98 Å². The molecule has 0 unspecified atom stereocenters. The number of methoxy groups -OCH3 is 1. The van der Waals surface area contributed by atoms with Gasteiger partial charge in [0.25, 0.3) is 11.8 Å². The maximum atomic E-state index is 13.1. The van der Waals surface area contributed by atoms with E-state index in [1.165, 1.54) is 42.2 Å². The number of hydrogen-bond donors (Lipinski definition) is 0. The van der Waals surface area contributed by atoms with E-state index in [1.807, 2.05) is 26.0 Å². The summed E-state index contributed by atoms with van der Waals surface area (Å²) in [6, 6.07) is 11.6. The van der Waals surface area contributed by atoms with E-state index in [1.54, 1.807) is 29.0 Å². The Kier molecular flexibility index (Phi) is 6.16. The van der Waals surface area contributed by atoms with Crippen LogP contribution in [0.4, 0.5) is 5.69 Å². The lowest BCUT2D eigenvalue weighted by Crippen LogP contribution is -2.39. The lowest BCUT2D eigenvalue weighted by atomic mass is 10.2. The molecule has 11 heteroatoms. The highest BCUT2D eigenvalue weighted by atomic mass is 32.2. The van der Waals surface area contributed by atoms with Crippen LogP contribution in [-0.4, -0.2) is 31.9 Å². The Labute approximate surface area is 198 Å². The van der Waals surface area contributed by atoms with Gasteiger partial charge in [-0.3, -0.25) is 19.6 Å². The number of amides is 1. The van der Waals surface area contributed by atoms with E-state index in [4.69, 9.17) is 21.7 Å². The van der Waals surface area contributed by atoms with Gasteiger partial charge < -0.3 is 9.47 Å². The van der Waals surface area contributed by atoms with Gasteiger partial charge in [-0.05, 0) is 68.0 Å². The zero-order valence-corrected chi connectivity index (χ0v) is 19.5. The van der Waals surface area contributed by atoms with E-state index in [9.17, 15) is 14.9 Å². The number of pyridine rings is 1. The minimum Gasteiger partial charge on any atom is -0.493 e. The molecule has 0 radical (unpaired) electrons. The van der Waals surface area contributed by atoms with Crippen LogP contribution in [0.25, 0.3) is 6.08 Å². The van der Waals surface area contributed by atoms with Crippen molar-refractivity contribution in [1.29, 1.82) is 0 Å². The van der Waals surface area contributed by atoms with Crippen molar-refractivity contribution in [3.63, 3.8) is 0 Å². The molecule has 0 N–H and O–H groups in total. The van der Waals surface area contributed by atoms with Crippen molar-refractivity contribution in [2.24, 2.45) is 0 Å². The van der Waals surface area contributed by atoms with Crippen molar-refractivity contribution in [3.05, 3.63) is 80.6 Å². The SMILES string of the molecule is COc1cc(/C=C2\SC(=S)N(n3c(C)ccc3C)C2=O)ccc1Oc1ncccc1[N+](=O)[O-]. The van der Waals surface area contributed by atoms with Crippen LogP contribution < -0.4 is 14.5 Å². The number of nitro groups is 1. The summed E-state index contributed by atoms with van der Waals surface area (Å²) in [6.45, 7) is 3.82. The average Bonchev–Trinajstić information content (AvgIpc) is 3.26. The van der Waals surface area contributed by atoms with Gasteiger partial charge in [0, 0.05) is 23.7 Å².